The molecule has 168 valence electrons. The molecular weight excluding hydrogens is 448 g/mol. The van der Waals surface area contributed by atoms with Crippen LogP contribution in [0, 0.1) is 4.77 Å². The summed E-state index contributed by atoms with van der Waals surface area (Å²) in [6, 6.07) is 13.2. The number of nitrogens with one attached hydrogen (secondary N) is 1. The summed E-state index contributed by atoms with van der Waals surface area (Å²) < 4.78 is 15.1. The van der Waals surface area contributed by atoms with Gasteiger partial charge in [-0.25, -0.2) is 4.68 Å². The van der Waals surface area contributed by atoms with Crippen LogP contribution < -0.4 is 14.8 Å². The molecule has 7 nitrogen and oxygen atoms in total. The molecule has 0 bridgehead atoms. The van der Waals surface area contributed by atoms with Crippen molar-refractivity contribution in [2.24, 2.45) is 0 Å². The standard InChI is InChI=1S/C23H25ClN4O3S/c1-2-3-11-27-22(17-5-7-18(24)8-6-17)26-28(23(27)32)12-10-21(29)25-14-16-4-9-19-20(13-16)31-15-30-19/h4-9,13H,2-3,10-12,14-15H2,1H3,(H,25,29). The van der Waals surface area contributed by atoms with Crippen LogP contribution in [0.1, 0.15) is 31.7 Å². The zero-order valence-corrected chi connectivity index (χ0v) is 19.4. The SMILES string of the molecule is CCCCn1c(-c2ccc(Cl)cc2)nn(CCC(=O)NCc2ccc3c(c2)OCO3)c1=S. The van der Waals surface area contributed by atoms with E-state index in [0.717, 1.165) is 42.1 Å². The minimum atomic E-state index is -0.0688. The predicted molar refractivity (Wildman–Crippen MR) is 125 cm³/mol. The molecule has 1 amide bonds. The first-order valence-corrected chi connectivity index (χ1v) is 11.4. The molecule has 2 heterocycles. The first kappa shape index (κ1) is 22.4. The van der Waals surface area contributed by atoms with Crippen LogP contribution in [-0.4, -0.2) is 27.0 Å². The van der Waals surface area contributed by atoms with E-state index >= 15 is 0 Å². The molecule has 4 rings (SSSR count). The largest absolute Gasteiger partial charge is 0.454 e. The quantitative estimate of drug-likeness (QED) is 0.445. The molecule has 1 aliphatic rings. The van der Waals surface area contributed by atoms with Gasteiger partial charge >= 0.3 is 0 Å². The number of nitrogens with zero attached hydrogens (tertiary/aromatic N) is 3. The van der Waals surface area contributed by atoms with E-state index in [1.54, 1.807) is 4.68 Å². The zero-order chi connectivity index (χ0) is 22.5. The van der Waals surface area contributed by atoms with Gasteiger partial charge in [0.1, 0.15) is 0 Å². The van der Waals surface area contributed by atoms with E-state index in [2.05, 4.69) is 12.2 Å². The highest BCUT2D eigenvalue weighted by Gasteiger charge is 2.15. The Labute approximate surface area is 196 Å². The fourth-order valence-electron chi connectivity index (χ4n) is 3.46. The predicted octanol–water partition coefficient (Wildman–Crippen LogP) is 4.97. The molecule has 32 heavy (non-hydrogen) atoms. The summed E-state index contributed by atoms with van der Waals surface area (Å²) in [6.45, 7) is 3.98. The molecule has 9 heteroatoms. The van der Waals surface area contributed by atoms with Gasteiger partial charge in [0.25, 0.3) is 0 Å². The van der Waals surface area contributed by atoms with Crippen molar-refractivity contribution >= 4 is 29.7 Å². The van der Waals surface area contributed by atoms with E-state index in [1.807, 2.05) is 47.0 Å². The fraction of sp³-hybridized carbons (Fsp3) is 0.348. The van der Waals surface area contributed by atoms with Gasteiger partial charge in [-0.15, -0.1) is 0 Å². The lowest BCUT2D eigenvalue weighted by Gasteiger charge is -2.07. The van der Waals surface area contributed by atoms with Crippen LogP contribution in [0.15, 0.2) is 42.5 Å². The molecule has 0 atom stereocenters. The molecule has 2 aromatic carbocycles. The minimum Gasteiger partial charge on any atom is -0.454 e. The number of ether oxygens (including phenoxy) is 2. The smallest absolute Gasteiger partial charge is 0.231 e. The van der Waals surface area contributed by atoms with Gasteiger partial charge in [-0.2, -0.15) is 5.10 Å². The van der Waals surface area contributed by atoms with Gasteiger partial charge in [0, 0.05) is 30.1 Å². The second kappa shape index (κ2) is 10.2. The molecule has 0 fully saturated rings. The number of unbranched alkanes of at least 4 members (excludes halogenated alkanes) is 1. The van der Waals surface area contributed by atoms with Crippen molar-refractivity contribution in [1.82, 2.24) is 19.7 Å². The first-order valence-electron chi connectivity index (χ1n) is 10.6. The summed E-state index contributed by atoms with van der Waals surface area (Å²) in [5.74, 6) is 2.15. The lowest BCUT2D eigenvalue weighted by Crippen LogP contribution is -2.24. The van der Waals surface area contributed by atoms with Crippen molar-refractivity contribution in [2.75, 3.05) is 6.79 Å². The molecule has 0 unspecified atom stereocenters. The number of carbonyl (C=O) groups excluding carboxylic acids is 1. The van der Waals surface area contributed by atoms with Crippen LogP contribution in [-0.2, 0) is 24.4 Å². The van der Waals surface area contributed by atoms with Crippen LogP contribution in [0.2, 0.25) is 5.02 Å². The number of halogens is 1. The van der Waals surface area contributed by atoms with Crippen molar-refractivity contribution in [1.29, 1.82) is 0 Å². The first-order chi connectivity index (χ1) is 15.5. The topological polar surface area (TPSA) is 70.3 Å². The van der Waals surface area contributed by atoms with Crippen molar-refractivity contribution in [3.8, 4) is 22.9 Å². The third-order valence-corrected chi connectivity index (χ3v) is 5.92. The van der Waals surface area contributed by atoms with E-state index < -0.39 is 0 Å². The number of hydrogen-bond donors (Lipinski definition) is 1. The Bertz CT molecular complexity index is 1160. The van der Waals surface area contributed by atoms with E-state index in [4.69, 9.17) is 38.4 Å². The maximum Gasteiger partial charge on any atom is 0.231 e. The number of benzene rings is 2. The Balaban J connectivity index is 1.41. The van der Waals surface area contributed by atoms with E-state index in [9.17, 15) is 4.79 Å². The zero-order valence-electron chi connectivity index (χ0n) is 17.8. The molecule has 1 aromatic heterocycles. The molecule has 0 spiro atoms. The Kier molecular flexibility index (Phi) is 7.12. The Morgan fingerprint density at radius 2 is 1.94 bits per heavy atom. The van der Waals surface area contributed by atoms with Gasteiger partial charge in [-0.05, 0) is 60.6 Å². The number of hydrogen-bond acceptors (Lipinski definition) is 5. The van der Waals surface area contributed by atoms with Crippen LogP contribution in [0.25, 0.3) is 11.4 Å². The van der Waals surface area contributed by atoms with Gasteiger partial charge in [-0.3, -0.25) is 9.36 Å². The molecular formula is C23H25ClN4O3S. The van der Waals surface area contributed by atoms with Crippen molar-refractivity contribution in [3.63, 3.8) is 0 Å². The highest BCUT2D eigenvalue weighted by Crippen LogP contribution is 2.32. The summed E-state index contributed by atoms with van der Waals surface area (Å²) in [4.78, 5) is 12.4. The normalized spacial score (nSPS) is 12.2. The number of carbonyl (C=O) groups is 1. The number of rotatable bonds is 9. The second-order valence-electron chi connectivity index (χ2n) is 7.56. The van der Waals surface area contributed by atoms with Crippen LogP contribution in [0.5, 0.6) is 11.5 Å². The summed E-state index contributed by atoms with van der Waals surface area (Å²) in [6.07, 6.45) is 2.33. The van der Waals surface area contributed by atoms with E-state index in [-0.39, 0.29) is 19.1 Å². The molecule has 1 N–H and O–H groups in total. The van der Waals surface area contributed by atoms with Gasteiger partial charge in [-0.1, -0.05) is 31.0 Å². The van der Waals surface area contributed by atoms with Crippen LogP contribution in [0.3, 0.4) is 0 Å². The second-order valence-corrected chi connectivity index (χ2v) is 8.36. The fourth-order valence-corrected chi connectivity index (χ4v) is 3.90. The van der Waals surface area contributed by atoms with Crippen LogP contribution >= 0.6 is 23.8 Å². The highest BCUT2D eigenvalue weighted by atomic mass is 35.5. The molecule has 0 saturated carbocycles. The summed E-state index contributed by atoms with van der Waals surface area (Å²) >= 11 is 11.7. The summed E-state index contributed by atoms with van der Waals surface area (Å²) in [7, 11) is 0. The van der Waals surface area contributed by atoms with Gasteiger partial charge in [0.05, 0.1) is 6.54 Å². The third-order valence-electron chi connectivity index (χ3n) is 5.24. The molecule has 0 saturated heterocycles. The molecule has 0 aliphatic carbocycles. The number of aromatic nitrogens is 3. The monoisotopic (exact) mass is 472 g/mol. The Morgan fingerprint density at radius 3 is 2.72 bits per heavy atom. The summed E-state index contributed by atoms with van der Waals surface area (Å²) in [5, 5.41) is 8.33. The van der Waals surface area contributed by atoms with Gasteiger partial charge < -0.3 is 14.8 Å². The van der Waals surface area contributed by atoms with Crippen molar-refractivity contribution < 1.29 is 14.3 Å². The van der Waals surface area contributed by atoms with Crippen LogP contribution in [0.4, 0.5) is 0 Å². The van der Waals surface area contributed by atoms with Gasteiger partial charge in [0.2, 0.25) is 12.7 Å². The molecule has 3 aromatic rings. The van der Waals surface area contributed by atoms with E-state index in [1.165, 1.54) is 0 Å². The maximum absolute atomic E-state index is 12.4. The average molecular weight is 473 g/mol. The maximum atomic E-state index is 12.4. The molecule has 1 aliphatic heterocycles. The third kappa shape index (κ3) is 5.14. The number of amides is 1. The van der Waals surface area contributed by atoms with E-state index in [0.29, 0.717) is 28.6 Å². The lowest BCUT2D eigenvalue weighted by molar-refractivity contribution is -0.121. The summed E-state index contributed by atoms with van der Waals surface area (Å²) in [5.41, 5.74) is 1.90. The van der Waals surface area contributed by atoms with Crippen molar-refractivity contribution in [3.05, 3.63) is 57.8 Å². The van der Waals surface area contributed by atoms with Crippen molar-refractivity contribution in [2.45, 2.75) is 45.8 Å². The number of fused-ring (bicyclic) bond motifs is 1. The molecule has 0 radical (unpaired) electrons. The Morgan fingerprint density at radius 1 is 1.16 bits per heavy atom. The number of aryl methyl sites for hydroxylation is 1. The lowest BCUT2D eigenvalue weighted by atomic mass is 10.2. The highest BCUT2D eigenvalue weighted by molar-refractivity contribution is 7.71. The van der Waals surface area contributed by atoms with Gasteiger partial charge in [0.15, 0.2) is 22.1 Å². The Hall–Kier alpha value is -2.84. The minimum absolute atomic E-state index is 0.0688. The average Bonchev–Trinajstić information content (AvgIpc) is 3.39.